The number of aliphatic hydroxyl groups excluding tert-OH is 1. The van der Waals surface area contributed by atoms with Gasteiger partial charge in [-0.15, -0.1) is 0 Å². The van der Waals surface area contributed by atoms with Gasteiger partial charge in [0.1, 0.15) is 0 Å². The number of rotatable bonds is 2. The van der Waals surface area contributed by atoms with E-state index in [1.54, 1.807) is 0 Å². The average molecular weight is 269 g/mol. The van der Waals surface area contributed by atoms with Gasteiger partial charge in [0.2, 0.25) is 0 Å². The molecule has 0 aromatic carbocycles. The molecule has 2 saturated heterocycles. The smallest absolute Gasteiger partial charge is 0.170 e. The van der Waals surface area contributed by atoms with Crippen LogP contribution in [0.3, 0.4) is 0 Å². The molecule has 1 aliphatic carbocycles. The highest BCUT2D eigenvalue weighted by Crippen LogP contribution is 2.39. The summed E-state index contributed by atoms with van der Waals surface area (Å²) in [6.07, 6.45) is 3.51. The van der Waals surface area contributed by atoms with Crippen molar-refractivity contribution in [3.63, 3.8) is 0 Å². The van der Waals surface area contributed by atoms with Crippen LogP contribution < -0.4 is 0 Å². The monoisotopic (exact) mass is 269 g/mol. The fraction of sp³-hybridized carbons (Fsp3) is 1.00. The molecule has 1 saturated carbocycles. The Labute approximate surface area is 116 Å². The summed E-state index contributed by atoms with van der Waals surface area (Å²) >= 11 is 0. The standard InChI is InChI=1S/C15H27NO3/c1-11(2)12-4-6-16(10-12)13-9-15(5-3-14(13)17)18-7-8-19-15/h11-14,17H,3-10H2,1-2H3. The third kappa shape index (κ3) is 2.68. The fourth-order valence-electron chi connectivity index (χ4n) is 3.91. The number of aliphatic hydroxyl groups is 1. The van der Waals surface area contributed by atoms with E-state index in [0.717, 1.165) is 44.2 Å². The molecule has 3 rings (SSSR count). The van der Waals surface area contributed by atoms with E-state index >= 15 is 0 Å². The highest BCUT2D eigenvalue weighted by molar-refractivity contribution is 4.95. The molecule has 3 atom stereocenters. The van der Waals surface area contributed by atoms with Crippen LogP contribution >= 0.6 is 0 Å². The molecule has 110 valence electrons. The Morgan fingerprint density at radius 3 is 2.58 bits per heavy atom. The second kappa shape index (κ2) is 5.32. The normalized spacial score (nSPS) is 39.5. The third-order valence-electron chi connectivity index (χ3n) is 5.27. The van der Waals surface area contributed by atoms with Crippen molar-refractivity contribution in [3.8, 4) is 0 Å². The Kier molecular flexibility index (Phi) is 3.87. The fourth-order valence-corrected chi connectivity index (χ4v) is 3.91. The first kappa shape index (κ1) is 13.8. The minimum Gasteiger partial charge on any atom is -0.391 e. The van der Waals surface area contributed by atoms with E-state index in [1.165, 1.54) is 6.42 Å². The summed E-state index contributed by atoms with van der Waals surface area (Å²) in [4.78, 5) is 2.47. The predicted octanol–water partition coefficient (Wildman–Crippen LogP) is 1.62. The highest BCUT2D eigenvalue weighted by Gasteiger charge is 2.47. The highest BCUT2D eigenvalue weighted by atomic mass is 16.7. The summed E-state index contributed by atoms with van der Waals surface area (Å²) in [7, 11) is 0. The lowest BCUT2D eigenvalue weighted by atomic mass is 9.86. The van der Waals surface area contributed by atoms with Crippen molar-refractivity contribution < 1.29 is 14.6 Å². The Morgan fingerprint density at radius 2 is 1.95 bits per heavy atom. The van der Waals surface area contributed by atoms with E-state index < -0.39 is 0 Å². The third-order valence-corrected chi connectivity index (χ3v) is 5.27. The molecule has 4 heteroatoms. The molecule has 0 aromatic heterocycles. The predicted molar refractivity (Wildman–Crippen MR) is 72.8 cm³/mol. The topological polar surface area (TPSA) is 41.9 Å². The molecular formula is C15H27NO3. The molecule has 0 amide bonds. The van der Waals surface area contributed by atoms with E-state index in [-0.39, 0.29) is 17.9 Å². The number of hydrogen-bond acceptors (Lipinski definition) is 4. The van der Waals surface area contributed by atoms with Gasteiger partial charge >= 0.3 is 0 Å². The zero-order valence-corrected chi connectivity index (χ0v) is 12.2. The van der Waals surface area contributed by atoms with Crippen molar-refractivity contribution in [1.82, 2.24) is 4.90 Å². The molecule has 3 aliphatic rings. The largest absolute Gasteiger partial charge is 0.391 e. The lowest BCUT2D eigenvalue weighted by Crippen LogP contribution is -2.52. The summed E-state index contributed by atoms with van der Waals surface area (Å²) in [5.41, 5.74) is 0. The average Bonchev–Trinajstić information content (AvgIpc) is 3.03. The summed E-state index contributed by atoms with van der Waals surface area (Å²) in [6, 6.07) is 0.218. The molecule has 0 aromatic rings. The summed E-state index contributed by atoms with van der Waals surface area (Å²) < 4.78 is 11.7. The van der Waals surface area contributed by atoms with Crippen molar-refractivity contribution in [2.45, 2.75) is 57.5 Å². The minimum absolute atomic E-state index is 0.218. The van der Waals surface area contributed by atoms with Crippen LogP contribution in [0.15, 0.2) is 0 Å². The van der Waals surface area contributed by atoms with Crippen LogP contribution in [0.1, 0.15) is 39.5 Å². The quantitative estimate of drug-likeness (QED) is 0.827. The second-order valence-electron chi connectivity index (χ2n) is 6.77. The van der Waals surface area contributed by atoms with Crippen molar-refractivity contribution in [2.24, 2.45) is 11.8 Å². The van der Waals surface area contributed by atoms with Crippen LogP contribution in [0.25, 0.3) is 0 Å². The van der Waals surface area contributed by atoms with E-state index in [1.807, 2.05) is 0 Å². The summed E-state index contributed by atoms with van der Waals surface area (Å²) in [6.45, 7) is 8.25. The lowest BCUT2D eigenvalue weighted by Gasteiger charge is -2.43. The van der Waals surface area contributed by atoms with Gasteiger partial charge in [-0.2, -0.15) is 0 Å². The van der Waals surface area contributed by atoms with Gasteiger partial charge < -0.3 is 14.6 Å². The second-order valence-corrected chi connectivity index (χ2v) is 6.77. The van der Waals surface area contributed by atoms with E-state index in [4.69, 9.17) is 9.47 Å². The number of ether oxygens (including phenoxy) is 2. The molecular weight excluding hydrogens is 242 g/mol. The van der Waals surface area contributed by atoms with Crippen LogP contribution in [-0.2, 0) is 9.47 Å². The zero-order chi connectivity index (χ0) is 13.5. The molecule has 0 bridgehead atoms. The molecule has 2 heterocycles. The van der Waals surface area contributed by atoms with Crippen molar-refractivity contribution in [2.75, 3.05) is 26.3 Å². The van der Waals surface area contributed by atoms with Gasteiger partial charge in [-0.3, -0.25) is 4.90 Å². The van der Waals surface area contributed by atoms with Crippen LogP contribution in [0.2, 0.25) is 0 Å². The molecule has 0 radical (unpaired) electrons. The van der Waals surface area contributed by atoms with Gasteiger partial charge in [0, 0.05) is 25.4 Å². The first-order chi connectivity index (χ1) is 9.10. The van der Waals surface area contributed by atoms with Gasteiger partial charge in [0.05, 0.1) is 19.3 Å². The maximum atomic E-state index is 10.3. The van der Waals surface area contributed by atoms with Crippen LogP contribution in [0, 0.1) is 11.8 Å². The summed E-state index contributed by atoms with van der Waals surface area (Å²) in [5.74, 6) is 1.12. The lowest BCUT2D eigenvalue weighted by molar-refractivity contribution is -0.204. The Morgan fingerprint density at radius 1 is 1.21 bits per heavy atom. The molecule has 3 fully saturated rings. The van der Waals surface area contributed by atoms with Gasteiger partial charge in [-0.1, -0.05) is 13.8 Å². The van der Waals surface area contributed by atoms with Gasteiger partial charge in [0.15, 0.2) is 5.79 Å². The minimum atomic E-state index is -0.389. The SMILES string of the molecule is CC(C)C1CCN(C2CC3(CCC2O)OCCO3)C1. The maximum Gasteiger partial charge on any atom is 0.170 e. The van der Waals surface area contributed by atoms with Crippen molar-refractivity contribution >= 4 is 0 Å². The van der Waals surface area contributed by atoms with Crippen molar-refractivity contribution in [3.05, 3.63) is 0 Å². The first-order valence-corrected chi connectivity index (χ1v) is 7.80. The van der Waals surface area contributed by atoms with Gasteiger partial charge in [-0.05, 0) is 31.2 Å². The number of hydrogen-bond donors (Lipinski definition) is 1. The van der Waals surface area contributed by atoms with E-state index in [9.17, 15) is 5.11 Å². The Hall–Kier alpha value is -0.160. The van der Waals surface area contributed by atoms with Gasteiger partial charge in [-0.25, -0.2) is 0 Å². The number of nitrogens with zero attached hydrogens (tertiary/aromatic N) is 1. The Bertz CT molecular complexity index is 315. The molecule has 1 N–H and O–H groups in total. The molecule has 1 spiro atoms. The van der Waals surface area contributed by atoms with E-state index in [2.05, 4.69) is 18.7 Å². The molecule has 3 unspecified atom stereocenters. The molecule has 2 aliphatic heterocycles. The maximum absolute atomic E-state index is 10.3. The zero-order valence-electron chi connectivity index (χ0n) is 12.2. The first-order valence-electron chi connectivity index (χ1n) is 7.80. The molecule has 4 nitrogen and oxygen atoms in total. The Balaban J connectivity index is 1.65. The van der Waals surface area contributed by atoms with Crippen LogP contribution in [-0.4, -0.2) is 54.2 Å². The van der Waals surface area contributed by atoms with Gasteiger partial charge in [0.25, 0.3) is 0 Å². The molecule has 19 heavy (non-hydrogen) atoms. The number of likely N-dealkylation sites (tertiary alicyclic amines) is 1. The van der Waals surface area contributed by atoms with Crippen LogP contribution in [0.5, 0.6) is 0 Å². The van der Waals surface area contributed by atoms with E-state index in [0.29, 0.717) is 13.2 Å². The van der Waals surface area contributed by atoms with Crippen molar-refractivity contribution in [1.29, 1.82) is 0 Å². The summed E-state index contributed by atoms with van der Waals surface area (Å²) in [5, 5.41) is 10.3. The van der Waals surface area contributed by atoms with Crippen LogP contribution in [0.4, 0.5) is 0 Å².